The van der Waals surface area contributed by atoms with E-state index in [0.717, 1.165) is 18.2 Å². The summed E-state index contributed by atoms with van der Waals surface area (Å²) in [5.41, 5.74) is 7.83. The van der Waals surface area contributed by atoms with Crippen LogP contribution in [0.5, 0.6) is 0 Å². The number of nitrogens with zero attached hydrogens (tertiary/aromatic N) is 1. The Morgan fingerprint density at radius 2 is 2.12 bits per heavy atom. The van der Waals surface area contributed by atoms with E-state index in [4.69, 9.17) is 17.3 Å². The van der Waals surface area contributed by atoms with Crippen molar-refractivity contribution in [2.75, 3.05) is 17.2 Å². The largest absolute Gasteiger partial charge is 0.396 e. The predicted octanol–water partition coefficient (Wildman–Crippen LogP) is 3.55. The van der Waals surface area contributed by atoms with Crippen LogP contribution in [-0.2, 0) is 0 Å². The lowest BCUT2D eigenvalue weighted by Gasteiger charge is -2.30. The zero-order chi connectivity index (χ0) is 11.7. The summed E-state index contributed by atoms with van der Waals surface area (Å²) < 4.78 is 0. The first-order valence-electron chi connectivity index (χ1n) is 5.90. The van der Waals surface area contributed by atoms with E-state index in [2.05, 4.69) is 24.8 Å². The molecule has 1 fully saturated rings. The molecule has 0 bridgehead atoms. The molecule has 16 heavy (non-hydrogen) atoms. The molecular formula is C13H19ClN2. The first kappa shape index (κ1) is 11.6. The average molecular weight is 239 g/mol. The maximum absolute atomic E-state index is 6.06. The fourth-order valence-electron chi connectivity index (χ4n) is 1.94. The first-order chi connectivity index (χ1) is 7.59. The summed E-state index contributed by atoms with van der Waals surface area (Å²) in [4.78, 5) is 2.36. The van der Waals surface area contributed by atoms with Gasteiger partial charge in [0.05, 0.1) is 16.4 Å². The molecule has 1 aromatic rings. The molecule has 88 valence electrons. The second-order valence-electron chi connectivity index (χ2n) is 4.86. The molecule has 2 N–H and O–H groups in total. The molecule has 1 aliphatic carbocycles. The summed E-state index contributed by atoms with van der Waals surface area (Å²) in [5, 5.41) is 0.652. The number of para-hydroxylation sites is 1. The van der Waals surface area contributed by atoms with Crippen LogP contribution >= 0.6 is 11.6 Å². The molecule has 1 aliphatic rings. The van der Waals surface area contributed by atoms with Crippen LogP contribution in [0.2, 0.25) is 5.02 Å². The topological polar surface area (TPSA) is 29.3 Å². The average Bonchev–Trinajstić information content (AvgIpc) is 3.03. The summed E-state index contributed by atoms with van der Waals surface area (Å²) >= 11 is 6.06. The fourth-order valence-corrected chi connectivity index (χ4v) is 2.11. The summed E-state index contributed by atoms with van der Waals surface area (Å²) in [6.07, 6.45) is 2.70. The zero-order valence-corrected chi connectivity index (χ0v) is 10.7. The lowest BCUT2D eigenvalue weighted by atomic mass is 10.2. The number of hydrogen-bond acceptors (Lipinski definition) is 2. The fraction of sp³-hybridized carbons (Fsp3) is 0.538. The Labute approximate surface area is 102 Å². The lowest BCUT2D eigenvalue weighted by molar-refractivity contribution is 0.645. The van der Waals surface area contributed by atoms with E-state index < -0.39 is 0 Å². The SMILES string of the molecule is CC(C)N(CC1CC1)c1cccc(Cl)c1N. The molecule has 0 amide bonds. The van der Waals surface area contributed by atoms with Crippen molar-refractivity contribution in [1.29, 1.82) is 0 Å². The van der Waals surface area contributed by atoms with Gasteiger partial charge in [0.1, 0.15) is 0 Å². The molecule has 0 unspecified atom stereocenters. The van der Waals surface area contributed by atoms with Crippen molar-refractivity contribution in [3.8, 4) is 0 Å². The van der Waals surface area contributed by atoms with Gasteiger partial charge in [0, 0.05) is 12.6 Å². The Kier molecular flexibility index (Phi) is 3.29. The van der Waals surface area contributed by atoms with Gasteiger partial charge in [-0.3, -0.25) is 0 Å². The van der Waals surface area contributed by atoms with Crippen LogP contribution in [0, 0.1) is 5.92 Å². The predicted molar refractivity (Wildman–Crippen MR) is 71.1 cm³/mol. The molecule has 0 aliphatic heterocycles. The van der Waals surface area contributed by atoms with Gasteiger partial charge in [0.25, 0.3) is 0 Å². The summed E-state index contributed by atoms with van der Waals surface area (Å²) in [7, 11) is 0. The number of benzene rings is 1. The van der Waals surface area contributed by atoms with Crippen molar-refractivity contribution >= 4 is 23.0 Å². The van der Waals surface area contributed by atoms with Crippen LogP contribution in [0.4, 0.5) is 11.4 Å². The highest BCUT2D eigenvalue weighted by Crippen LogP contribution is 2.36. The molecule has 0 aromatic heterocycles. The number of hydrogen-bond donors (Lipinski definition) is 1. The van der Waals surface area contributed by atoms with E-state index in [1.807, 2.05) is 12.1 Å². The zero-order valence-electron chi connectivity index (χ0n) is 9.91. The third-order valence-corrected chi connectivity index (χ3v) is 3.44. The Balaban J connectivity index is 2.26. The Hall–Kier alpha value is -0.890. The van der Waals surface area contributed by atoms with Gasteiger partial charge in [-0.25, -0.2) is 0 Å². The van der Waals surface area contributed by atoms with Crippen LogP contribution in [0.15, 0.2) is 18.2 Å². The minimum atomic E-state index is 0.460. The van der Waals surface area contributed by atoms with Gasteiger partial charge in [-0.2, -0.15) is 0 Å². The normalized spacial score (nSPS) is 15.5. The van der Waals surface area contributed by atoms with E-state index in [0.29, 0.717) is 16.8 Å². The summed E-state index contributed by atoms with van der Waals surface area (Å²) in [6, 6.07) is 6.33. The molecule has 3 heteroatoms. The minimum absolute atomic E-state index is 0.460. The van der Waals surface area contributed by atoms with Crippen LogP contribution in [0.1, 0.15) is 26.7 Å². The van der Waals surface area contributed by atoms with Crippen molar-refractivity contribution in [3.05, 3.63) is 23.2 Å². The number of nitrogen functional groups attached to an aromatic ring is 1. The monoisotopic (exact) mass is 238 g/mol. The standard InChI is InChI=1S/C13H19ClN2/c1-9(2)16(8-10-6-7-10)12-5-3-4-11(14)13(12)15/h3-5,9-10H,6-8,15H2,1-2H3. The second kappa shape index (κ2) is 4.54. The van der Waals surface area contributed by atoms with Crippen LogP contribution < -0.4 is 10.6 Å². The number of rotatable bonds is 4. The molecular weight excluding hydrogens is 220 g/mol. The molecule has 0 saturated heterocycles. The van der Waals surface area contributed by atoms with E-state index >= 15 is 0 Å². The highest BCUT2D eigenvalue weighted by atomic mass is 35.5. The van der Waals surface area contributed by atoms with Crippen molar-refractivity contribution in [2.24, 2.45) is 5.92 Å². The Morgan fingerprint density at radius 1 is 1.44 bits per heavy atom. The smallest absolute Gasteiger partial charge is 0.0741 e. The highest BCUT2D eigenvalue weighted by molar-refractivity contribution is 6.33. The minimum Gasteiger partial charge on any atom is -0.396 e. The van der Waals surface area contributed by atoms with E-state index in [-0.39, 0.29) is 0 Å². The third-order valence-electron chi connectivity index (χ3n) is 3.11. The van der Waals surface area contributed by atoms with Crippen LogP contribution in [-0.4, -0.2) is 12.6 Å². The highest BCUT2D eigenvalue weighted by Gasteiger charge is 2.26. The van der Waals surface area contributed by atoms with Crippen LogP contribution in [0.25, 0.3) is 0 Å². The molecule has 1 aromatic carbocycles. The first-order valence-corrected chi connectivity index (χ1v) is 6.28. The number of halogens is 1. The molecule has 0 heterocycles. The summed E-state index contributed by atoms with van der Waals surface area (Å²) in [5.74, 6) is 0.848. The van der Waals surface area contributed by atoms with Crippen molar-refractivity contribution in [3.63, 3.8) is 0 Å². The Bertz CT molecular complexity index is 372. The maximum Gasteiger partial charge on any atom is 0.0741 e. The number of anilines is 2. The van der Waals surface area contributed by atoms with E-state index in [9.17, 15) is 0 Å². The molecule has 2 rings (SSSR count). The van der Waals surface area contributed by atoms with Gasteiger partial charge in [0.2, 0.25) is 0 Å². The van der Waals surface area contributed by atoms with Crippen molar-refractivity contribution in [1.82, 2.24) is 0 Å². The molecule has 0 atom stereocenters. The molecule has 0 spiro atoms. The van der Waals surface area contributed by atoms with Gasteiger partial charge < -0.3 is 10.6 Å². The van der Waals surface area contributed by atoms with Crippen molar-refractivity contribution < 1.29 is 0 Å². The van der Waals surface area contributed by atoms with Gasteiger partial charge >= 0.3 is 0 Å². The Morgan fingerprint density at radius 3 is 2.69 bits per heavy atom. The van der Waals surface area contributed by atoms with Crippen molar-refractivity contribution in [2.45, 2.75) is 32.7 Å². The van der Waals surface area contributed by atoms with E-state index in [1.165, 1.54) is 12.8 Å². The molecule has 1 saturated carbocycles. The summed E-state index contributed by atoms with van der Waals surface area (Å²) in [6.45, 7) is 5.49. The van der Waals surface area contributed by atoms with Gasteiger partial charge in [-0.1, -0.05) is 17.7 Å². The van der Waals surface area contributed by atoms with Gasteiger partial charge in [-0.15, -0.1) is 0 Å². The van der Waals surface area contributed by atoms with Gasteiger partial charge in [-0.05, 0) is 44.7 Å². The van der Waals surface area contributed by atoms with Crippen LogP contribution in [0.3, 0.4) is 0 Å². The second-order valence-corrected chi connectivity index (χ2v) is 5.27. The third kappa shape index (κ3) is 2.43. The molecule has 2 nitrogen and oxygen atoms in total. The maximum atomic E-state index is 6.06. The quantitative estimate of drug-likeness (QED) is 0.813. The van der Waals surface area contributed by atoms with E-state index in [1.54, 1.807) is 0 Å². The lowest BCUT2D eigenvalue weighted by Crippen LogP contribution is -2.33. The number of nitrogens with two attached hydrogens (primary N) is 1. The van der Waals surface area contributed by atoms with Gasteiger partial charge in [0.15, 0.2) is 0 Å². The molecule has 0 radical (unpaired) electrons.